The van der Waals surface area contributed by atoms with Crippen LogP contribution in [-0.4, -0.2) is 28.4 Å². The lowest BCUT2D eigenvalue weighted by atomic mass is 10.1. The molecule has 1 aromatic carbocycles. The maximum Gasteiger partial charge on any atom is 0.338 e. The van der Waals surface area contributed by atoms with Gasteiger partial charge in [-0.2, -0.15) is 0 Å². The van der Waals surface area contributed by atoms with Crippen LogP contribution < -0.4 is 5.32 Å². The van der Waals surface area contributed by atoms with Crippen molar-refractivity contribution in [2.24, 2.45) is 0 Å². The third-order valence-electron chi connectivity index (χ3n) is 2.90. The number of hydrogen-bond donors (Lipinski definition) is 2. The van der Waals surface area contributed by atoms with Crippen molar-refractivity contribution in [2.45, 2.75) is 25.2 Å². The molecular weight excluding hydrogens is 304 g/mol. The van der Waals surface area contributed by atoms with Gasteiger partial charge in [0.15, 0.2) is 0 Å². The number of aryl methyl sites for hydroxylation is 1. The number of carboxylic acid groups (broad SMARTS) is 1. The van der Waals surface area contributed by atoms with E-state index in [0.717, 1.165) is 27.8 Å². The highest BCUT2D eigenvalue weighted by Gasteiger charge is 2.15. The molecule has 0 aliphatic heterocycles. The van der Waals surface area contributed by atoms with Crippen LogP contribution in [0.4, 0.5) is 5.69 Å². The molecule has 0 radical (unpaired) electrons. The van der Waals surface area contributed by atoms with E-state index in [9.17, 15) is 9.90 Å². The molecule has 0 aliphatic rings. The van der Waals surface area contributed by atoms with Crippen LogP contribution >= 0.6 is 23.1 Å². The molecule has 1 aromatic heterocycles. The fourth-order valence-corrected chi connectivity index (χ4v) is 3.50. The topological polar surface area (TPSA) is 62.2 Å². The van der Waals surface area contributed by atoms with E-state index in [4.69, 9.17) is 0 Å². The molecule has 0 saturated carbocycles. The van der Waals surface area contributed by atoms with Crippen LogP contribution in [0.5, 0.6) is 0 Å². The number of aromatic carboxylic acids is 1. The van der Waals surface area contributed by atoms with E-state index in [0.29, 0.717) is 17.8 Å². The molecule has 0 amide bonds. The second-order valence-corrected chi connectivity index (χ2v) is 6.82. The molecule has 2 aromatic rings. The molecule has 2 N–H and O–H groups in total. The molecule has 0 saturated heterocycles. The quantitative estimate of drug-likeness (QED) is 0.757. The van der Waals surface area contributed by atoms with Gasteiger partial charge in [0.1, 0.15) is 0 Å². The van der Waals surface area contributed by atoms with Gasteiger partial charge in [-0.3, -0.25) is 0 Å². The summed E-state index contributed by atoms with van der Waals surface area (Å²) in [6.07, 6.45) is 0.786. The van der Waals surface area contributed by atoms with Crippen molar-refractivity contribution >= 4 is 34.8 Å². The van der Waals surface area contributed by atoms with Crippen molar-refractivity contribution in [2.75, 3.05) is 17.6 Å². The molecule has 1 heterocycles. The highest BCUT2D eigenvalue weighted by Crippen LogP contribution is 2.28. The summed E-state index contributed by atoms with van der Waals surface area (Å²) in [4.78, 5) is 16.7. The fraction of sp³-hybridized carbons (Fsp3) is 0.333. The third kappa shape index (κ3) is 4.22. The number of nitrogens with zero attached hydrogens (tertiary/aromatic N) is 1. The number of hydrogen-bond acceptors (Lipinski definition) is 5. The van der Waals surface area contributed by atoms with Gasteiger partial charge in [-0.15, -0.1) is 23.1 Å². The van der Waals surface area contributed by atoms with Gasteiger partial charge in [-0.25, -0.2) is 9.78 Å². The minimum absolute atomic E-state index is 0.360. The molecule has 0 atom stereocenters. The third-order valence-corrected chi connectivity index (χ3v) is 4.67. The van der Waals surface area contributed by atoms with Crippen LogP contribution in [0, 0.1) is 6.92 Å². The van der Waals surface area contributed by atoms with Gasteiger partial charge < -0.3 is 10.4 Å². The van der Waals surface area contributed by atoms with Crippen LogP contribution in [0.3, 0.4) is 0 Å². The molecule has 0 spiro atoms. The predicted molar refractivity (Wildman–Crippen MR) is 88.8 cm³/mol. The van der Waals surface area contributed by atoms with E-state index in [2.05, 4.69) is 10.3 Å². The van der Waals surface area contributed by atoms with Gasteiger partial charge in [0.2, 0.25) is 0 Å². The molecule has 21 heavy (non-hydrogen) atoms. The van der Waals surface area contributed by atoms with Crippen molar-refractivity contribution in [1.29, 1.82) is 0 Å². The zero-order chi connectivity index (χ0) is 15.2. The van der Waals surface area contributed by atoms with E-state index in [1.807, 2.05) is 37.4 Å². The Hall–Kier alpha value is -1.53. The zero-order valence-corrected chi connectivity index (χ0v) is 13.7. The van der Waals surface area contributed by atoms with Gasteiger partial charge in [0, 0.05) is 28.9 Å². The Morgan fingerprint density at radius 1 is 1.48 bits per heavy atom. The number of nitrogens with one attached hydrogen (secondary N) is 1. The van der Waals surface area contributed by atoms with Crippen LogP contribution in [0.1, 0.15) is 28.0 Å². The Morgan fingerprint density at radius 2 is 2.29 bits per heavy atom. The van der Waals surface area contributed by atoms with Crippen molar-refractivity contribution in [3.05, 3.63) is 39.8 Å². The number of thioether (sulfide) groups is 1. The van der Waals surface area contributed by atoms with Crippen LogP contribution in [0.25, 0.3) is 0 Å². The Morgan fingerprint density at radius 3 is 2.90 bits per heavy atom. The van der Waals surface area contributed by atoms with Crippen molar-refractivity contribution in [3.8, 4) is 0 Å². The first kappa shape index (κ1) is 15.9. The lowest BCUT2D eigenvalue weighted by Crippen LogP contribution is -2.10. The SMILES string of the molecule is CCSc1cccc(NCCc2csc(C)n2)c1C(=O)O. The summed E-state index contributed by atoms with van der Waals surface area (Å²) in [6.45, 7) is 4.67. The zero-order valence-electron chi connectivity index (χ0n) is 12.0. The molecule has 4 nitrogen and oxygen atoms in total. The Balaban J connectivity index is 2.08. The standard InChI is InChI=1S/C15H18N2O2S2/c1-3-20-13-6-4-5-12(14(13)15(18)19)16-8-7-11-9-21-10(2)17-11/h4-6,9,16H,3,7-8H2,1-2H3,(H,18,19). The van der Waals surface area contributed by atoms with Crippen LogP contribution in [0.15, 0.2) is 28.5 Å². The minimum Gasteiger partial charge on any atom is -0.478 e. The highest BCUT2D eigenvalue weighted by molar-refractivity contribution is 7.99. The van der Waals surface area contributed by atoms with Gasteiger partial charge >= 0.3 is 5.97 Å². The number of carboxylic acids is 1. The smallest absolute Gasteiger partial charge is 0.338 e. The van der Waals surface area contributed by atoms with Crippen LogP contribution in [-0.2, 0) is 6.42 Å². The summed E-state index contributed by atoms with van der Waals surface area (Å²) < 4.78 is 0. The molecule has 0 unspecified atom stereocenters. The van der Waals surface area contributed by atoms with Crippen molar-refractivity contribution in [3.63, 3.8) is 0 Å². The first-order chi connectivity index (χ1) is 10.1. The molecule has 0 fully saturated rings. The lowest BCUT2D eigenvalue weighted by Gasteiger charge is -2.12. The number of aromatic nitrogens is 1. The number of carbonyl (C=O) groups is 1. The molecule has 112 valence electrons. The van der Waals surface area contributed by atoms with E-state index in [1.165, 1.54) is 0 Å². The lowest BCUT2D eigenvalue weighted by molar-refractivity contribution is 0.0694. The average molecular weight is 322 g/mol. The first-order valence-corrected chi connectivity index (χ1v) is 8.62. The maximum atomic E-state index is 11.5. The van der Waals surface area contributed by atoms with Crippen LogP contribution in [0.2, 0.25) is 0 Å². The second-order valence-electron chi connectivity index (χ2n) is 4.45. The molecule has 0 bridgehead atoms. The van der Waals surface area contributed by atoms with Gasteiger partial charge in [0.05, 0.1) is 16.3 Å². The number of thiazole rings is 1. The normalized spacial score (nSPS) is 10.6. The predicted octanol–water partition coefficient (Wildman–Crippen LogP) is 3.92. The molecular formula is C15H18N2O2S2. The Kier molecular flexibility index (Phi) is 5.64. The summed E-state index contributed by atoms with van der Waals surface area (Å²) >= 11 is 3.18. The number of rotatable bonds is 7. The molecule has 6 heteroatoms. The summed E-state index contributed by atoms with van der Waals surface area (Å²) in [6, 6.07) is 5.56. The van der Waals surface area contributed by atoms with Gasteiger partial charge in [-0.1, -0.05) is 13.0 Å². The molecule has 0 aliphatic carbocycles. The largest absolute Gasteiger partial charge is 0.478 e. The summed E-state index contributed by atoms with van der Waals surface area (Å²) in [5.41, 5.74) is 2.08. The van der Waals surface area contributed by atoms with E-state index < -0.39 is 5.97 Å². The fourth-order valence-electron chi connectivity index (χ4n) is 2.02. The monoisotopic (exact) mass is 322 g/mol. The maximum absolute atomic E-state index is 11.5. The van der Waals surface area contributed by atoms with E-state index >= 15 is 0 Å². The summed E-state index contributed by atoms with van der Waals surface area (Å²) in [5.74, 6) is -0.0412. The number of benzene rings is 1. The summed E-state index contributed by atoms with van der Waals surface area (Å²) in [5, 5.41) is 15.7. The first-order valence-electron chi connectivity index (χ1n) is 6.75. The highest BCUT2D eigenvalue weighted by atomic mass is 32.2. The number of anilines is 1. The molecule has 2 rings (SSSR count). The Bertz CT molecular complexity index is 626. The average Bonchev–Trinajstić information content (AvgIpc) is 2.85. The van der Waals surface area contributed by atoms with E-state index in [1.54, 1.807) is 23.1 Å². The van der Waals surface area contributed by atoms with E-state index in [-0.39, 0.29) is 0 Å². The van der Waals surface area contributed by atoms with Gasteiger partial charge in [0.25, 0.3) is 0 Å². The van der Waals surface area contributed by atoms with Crippen molar-refractivity contribution in [1.82, 2.24) is 4.98 Å². The Labute approximate surface area is 132 Å². The minimum atomic E-state index is -0.890. The second kappa shape index (κ2) is 7.47. The summed E-state index contributed by atoms with van der Waals surface area (Å²) in [7, 11) is 0. The van der Waals surface area contributed by atoms with Gasteiger partial charge in [-0.05, 0) is 24.8 Å². The van der Waals surface area contributed by atoms with Crippen molar-refractivity contribution < 1.29 is 9.90 Å².